The third-order valence-electron chi connectivity index (χ3n) is 3.35. The Morgan fingerprint density at radius 3 is 2.85 bits per heavy atom. The van der Waals surface area contributed by atoms with Crippen LogP contribution in [0, 0.1) is 11.3 Å². The Morgan fingerprint density at radius 2 is 2.00 bits per heavy atom. The number of nitrogens with zero attached hydrogens (tertiary/aromatic N) is 1. The van der Waals surface area contributed by atoms with Gasteiger partial charge in [-0.25, -0.2) is 0 Å². The van der Waals surface area contributed by atoms with Gasteiger partial charge >= 0.3 is 0 Å². The molecule has 0 spiro atoms. The lowest BCUT2D eigenvalue weighted by Crippen LogP contribution is -2.12. The van der Waals surface area contributed by atoms with E-state index in [1.165, 1.54) is 11.1 Å². The van der Waals surface area contributed by atoms with Crippen LogP contribution >= 0.6 is 0 Å². The van der Waals surface area contributed by atoms with E-state index in [4.69, 9.17) is 5.26 Å². The summed E-state index contributed by atoms with van der Waals surface area (Å²) >= 11 is 0. The van der Waals surface area contributed by atoms with Crippen molar-refractivity contribution >= 4 is 11.6 Å². The van der Waals surface area contributed by atoms with Crippen molar-refractivity contribution in [3.63, 3.8) is 0 Å². The van der Waals surface area contributed by atoms with Gasteiger partial charge in [0.05, 0.1) is 11.6 Å². The topological polar surface area (TPSA) is 64.9 Å². The van der Waals surface area contributed by atoms with Crippen LogP contribution in [0.4, 0.5) is 5.69 Å². The van der Waals surface area contributed by atoms with Gasteiger partial charge in [-0.3, -0.25) is 4.79 Å². The number of carbonyl (C=O) groups is 1. The van der Waals surface area contributed by atoms with E-state index < -0.39 is 0 Å². The van der Waals surface area contributed by atoms with Crippen molar-refractivity contribution < 1.29 is 4.79 Å². The van der Waals surface area contributed by atoms with Gasteiger partial charge in [-0.05, 0) is 41.5 Å². The molecule has 0 saturated heterocycles. The Morgan fingerprint density at radius 1 is 1.15 bits per heavy atom. The number of nitrogens with one attached hydrogen (secondary N) is 2. The fourth-order valence-corrected chi connectivity index (χ4v) is 2.31. The van der Waals surface area contributed by atoms with Crippen molar-refractivity contribution in [2.45, 2.75) is 13.1 Å². The molecule has 0 bridgehead atoms. The zero-order valence-corrected chi connectivity index (χ0v) is 10.8. The summed E-state index contributed by atoms with van der Waals surface area (Å²) in [5.41, 5.74) is 4.21. The summed E-state index contributed by atoms with van der Waals surface area (Å²) in [6.07, 6.45) is 0. The van der Waals surface area contributed by atoms with E-state index in [1.807, 2.05) is 18.2 Å². The molecular weight excluding hydrogens is 250 g/mol. The number of benzene rings is 2. The van der Waals surface area contributed by atoms with Gasteiger partial charge in [0.2, 0.25) is 0 Å². The monoisotopic (exact) mass is 263 g/mol. The van der Waals surface area contributed by atoms with Crippen LogP contribution in [-0.4, -0.2) is 5.91 Å². The molecule has 0 atom stereocenters. The number of amides is 1. The fourth-order valence-electron chi connectivity index (χ4n) is 2.31. The minimum absolute atomic E-state index is 0.158. The molecule has 2 aromatic carbocycles. The Bertz CT molecular complexity index is 716. The van der Waals surface area contributed by atoms with Crippen LogP contribution in [0.15, 0.2) is 42.5 Å². The zero-order chi connectivity index (χ0) is 13.9. The van der Waals surface area contributed by atoms with Crippen molar-refractivity contribution in [2.24, 2.45) is 0 Å². The van der Waals surface area contributed by atoms with Gasteiger partial charge in [-0.1, -0.05) is 12.1 Å². The molecule has 0 aliphatic carbocycles. The molecule has 1 aliphatic rings. The zero-order valence-electron chi connectivity index (χ0n) is 10.8. The number of anilines is 1. The number of hydrogen-bond acceptors (Lipinski definition) is 3. The van der Waals surface area contributed by atoms with E-state index in [9.17, 15) is 4.79 Å². The highest BCUT2D eigenvalue weighted by Crippen LogP contribution is 2.18. The second-order valence-electron chi connectivity index (χ2n) is 4.73. The quantitative estimate of drug-likeness (QED) is 0.874. The minimum Gasteiger partial charge on any atom is -0.322 e. The molecule has 1 aliphatic heterocycles. The average Bonchev–Trinajstić information content (AvgIpc) is 2.94. The SMILES string of the molecule is N#Cc1cccc(NC(=O)c2ccc3c(c2)CNC3)c1. The Kier molecular flexibility index (Phi) is 3.20. The van der Waals surface area contributed by atoms with E-state index >= 15 is 0 Å². The Hall–Kier alpha value is -2.64. The van der Waals surface area contributed by atoms with Crippen LogP contribution in [-0.2, 0) is 13.1 Å². The maximum absolute atomic E-state index is 12.2. The van der Waals surface area contributed by atoms with E-state index in [-0.39, 0.29) is 5.91 Å². The molecule has 4 nitrogen and oxygen atoms in total. The van der Waals surface area contributed by atoms with Gasteiger partial charge in [0.15, 0.2) is 0 Å². The molecule has 1 heterocycles. The molecule has 0 saturated carbocycles. The third kappa shape index (κ3) is 2.40. The van der Waals surface area contributed by atoms with Crippen molar-refractivity contribution in [3.05, 3.63) is 64.7 Å². The summed E-state index contributed by atoms with van der Waals surface area (Å²) in [6.45, 7) is 1.67. The van der Waals surface area contributed by atoms with E-state index in [0.29, 0.717) is 16.8 Å². The Balaban J connectivity index is 1.81. The van der Waals surface area contributed by atoms with Crippen LogP contribution in [0.3, 0.4) is 0 Å². The average molecular weight is 263 g/mol. The molecule has 1 amide bonds. The second kappa shape index (κ2) is 5.16. The molecule has 0 unspecified atom stereocenters. The highest BCUT2D eigenvalue weighted by Gasteiger charge is 2.13. The van der Waals surface area contributed by atoms with Gasteiger partial charge in [0, 0.05) is 24.3 Å². The first kappa shape index (κ1) is 12.4. The smallest absolute Gasteiger partial charge is 0.255 e. The first-order valence-corrected chi connectivity index (χ1v) is 6.40. The van der Waals surface area contributed by atoms with Crippen molar-refractivity contribution in [3.8, 4) is 6.07 Å². The summed E-state index contributed by atoms with van der Waals surface area (Å²) in [6, 6.07) is 14.7. The van der Waals surface area contributed by atoms with Crippen molar-refractivity contribution in [2.75, 3.05) is 5.32 Å². The van der Waals surface area contributed by atoms with Crippen LogP contribution in [0.1, 0.15) is 27.0 Å². The fraction of sp³-hybridized carbons (Fsp3) is 0.125. The number of hydrogen-bond donors (Lipinski definition) is 2. The maximum Gasteiger partial charge on any atom is 0.255 e. The van der Waals surface area contributed by atoms with E-state index in [1.54, 1.807) is 24.3 Å². The number of fused-ring (bicyclic) bond motifs is 1. The van der Waals surface area contributed by atoms with Gasteiger partial charge in [0.1, 0.15) is 0 Å². The molecule has 0 fully saturated rings. The van der Waals surface area contributed by atoms with Crippen molar-refractivity contribution in [1.29, 1.82) is 5.26 Å². The molecular formula is C16H13N3O. The number of carbonyl (C=O) groups excluding carboxylic acids is 1. The molecule has 20 heavy (non-hydrogen) atoms. The Labute approximate surface area is 117 Å². The maximum atomic E-state index is 12.2. The predicted octanol–water partition coefficient (Wildman–Crippen LogP) is 2.41. The van der Waals surface area contributed by atoms with Crippen LogP contribution in [0.25, 0.3) is 0 Å². The molecule has 2 N–H and O–H groups in total. The molecule has 0 aromatic heterocycles. The standard InChI is InChI=1S/C16H13N3O/c17-8-11-2-1-3-15(6-11)19-16(20)12-4-5-13-9-18-10-14(13)7-12/h1-7,18H,9-10H2,(H,19,20). The van der Waals surface area contributed by atoms with E-state index in [0.717, 1.165) is 13.1 Å². The molecule has 3 rings (SSSR count). The number of nitriles is 1. The molecule has 4 heteroatoms. The van der Waals surface area contributed by atoms with Gasteiger partial charge in [-0.15, -0.1) is 0 Å². The van der Waals surface area contributed by atoms with Gasteiger partial charge in [0.25, 0.3) is 5.91 Å². The normalized spacial score (nSPS) is 12.6. The molecule has 2 aromatic rings. The van der Waals surface area contributed by atoms with Crippen LogP contribution < -0.4 is 10.6 Å². The largest absolute Gasteiger partial charge is 0.322 e. The predicted molar refractivity (Wildman–Crippen MR) is 76.1 cm³/mol. The van der Waals surface area contributed by atoms with Crippen LogP contribution in [0.2, 0.25) is 0 Å². The second-order valence-corrected chi connectivity index (χ2v) is 4.73. The highest BCUT2D eigenvalue weighted by atomic mass is 16.1. The summed E-state index contributed by atoms with van der Waals surface area (Å²) in [4.78, 5) is 12.2. The third-order valence-corrected chi connectivity index (χ3v) is 3.35. The molecule has 98 valence electrons. The summed E-state index contributed by atoms with van der Waals surface area (Å²) in [5.74, 6) is -0.158. The van der Waals surface area contributed by atoms with E-state index in [2.05, 4.69) is 16.7 Å². The highest BCUT2D eigenvalue weighted by molar-refractivity contribution is 6.04. The van der Waals surface area contributed by atoms with Crippen molar-refractivity contribution in [1.82, 2.24) is 5.32 Å². The summed E-state index contributed by atoms with van der Waals surface area (Å²) in [7, 11) is 0. The first-order valence-electron chi connectivity index (χ1n) is 6.40. The van der Waals surface area contributed by atoms with Gasteiger partial charge in [-0.2, -0.15) is 5.26 Å². The van der Waals surface area contributed by atoms with Crippen LogP contribution in [0.5, 0.6) is 0 Å². The number of rotatable bonds is 2. The minimum atomic E-state index is -0.158. The summed E-state index contributed by atoms with van der Waals surface area (Å²) in [5, 5.41) is 14.9. The van der Waals surface area contributed by atoms with Gasteiger partial charge < -0.3 is 10.6 Å². The summed E-state index contributed by atoms with van der Waals surface area (Å²) < 4.78 is 0. The lowest BCUT2D eigenvalue weighted by Gasteiger charge is -2.07. The lowest BCUT2D eigenvalue weighted by atomic mass is 10.1. The molecule has 0 radical (unpaired) electrons. The first-order chi connectivity index (χ1) is 9.76. The lowest BCUT2D eigenvalue weighted by molar-refractivity contribution is 0.102.